The fourth-order valence-electron chi connectivity index (χ4n) is 0.902. The lowest BCUT2D eigenvalue weighted by atomic mass is 10.1. The van der Waals surface area contributed by atoms with E-state index in [1.807, 2.05) is 0 Å². The lowest BCUT2D eigenvalue weighted by Gasteiger charge is -1.99. The number of nitro groups is 1. The van der Waals surface area contributed by atoms with Gasteiger partial charge in [-0.2, -0.15) is 0 Å². The van der Waals surface area contributed by atoms with Crippen molar-refractivity contribution in [3.63, 3.8) is 0 Å². The molecule has 0 heterocycles. The Bertz CT molecular complexity index is 309. The van der Waals surface area contributed by atoms with Gasteiger partial charge >= 0.3 is 0 Å². The minimum atomic E-state index is -0.426. The molecular formula is C8H9NO3. The van der Waals surface area contributed by atoms with E-state index in [1.165, 1.54) is 6.07 Å². The molecule has 0 fully saturated rings. The van der Waals surface area contributed by atoms with Gasteiger partial charge in [-0.25, -0.2) is 0 Å². The molecule has 0 aliphatic carbocycles. The highest BCUT2D eigenvalue weighted by atomic mass is 16.6. The summed E-state index contributed by atoms with van der Waals surface area (Å²) in [6.45, 7) is 1.50. The summed E-state index contributed by atoms with van der Waals surface area (Å²) in [5, 5.41) is 19.3. The molecule has 1 N–H and O–H groups in total. The highest BCUT2D eigenvalue weighted by Gasteiger charge is 2.03. The molecule has 0 saturated carbocycles. The zero-order valence-corrected chi connectivity index (χ0v) is 6.65. The Kier molecular flexibility index (Phi) is 2.28. The van der Waals surface area contributed by atoms with Crippen LogP contribution in [-0.2, 0) is 6.54 Å². The van der Waals surface area contributed by atoms with Crippen molar-refractivity contribution < 1.29 is 10.0 Å². The summed E-state index contributed by atoms with van der Waals surface area (Å²) < 4.78 is 0. The SMILES string of the molecule is Cc1ccc(C[N+](=O)[O-])cc1O. The molecule has 0 amide bonds. The normalized spacial score (nSPS) is 9.75. The van der Waals surface area contributed by atoms with Crippen LogP contribution in [0.15, 0.2) is 18.2 Å². The van der Waals surface area contributed by atoms with E-state index in [1.54, 1.807) is 19.1 Å². The van der Waals surface area contributed by atoms with Gasteiger partial charge in [0.25, 0.3) is 0 Å². The molecule has 0 radical (unpaired) electrons. The van der Waals surface area contributed by atoms with Gasteiger partial charge in [-0.1, -0.05) is 12.1 Å². The minimum Gasteiger partial charge on any atom is -0.508 e. The number of phenols is 1. The van der Waals surface area contributed by atoms with E-state index in [4.69, 9.17) is 0 Å². The third-order valence-electron chi connectivity index (χ3n) is 1.59. The van der Waals surface area contributed by atoms with E-state index in [0.29, 0.717) is 5.56 Å². The first-order chi connectivity index (χ1) is 5.59. The summed E-state index contributed by atoms with van der Waals surface area (Å²) in [4.78, 5) is 9.66. The van der Waals surface area contributed by atoms with Crippen molar-refractivity contribution >= 4 is 0 Å². The van der Waals surface area contributed by atoms with Gasteiger partial charge in [-0.3, -0.25) is 10.1 Å². The van der Waals surface area contributed by atoms with Crippen molar-refractivity contribution in [2.75, 3.05) is 0 Å². The number of phenolic OH excluding ortho intramolecular Hbond substituents is 1. The molecule has 1 aromatic carbocycles. The second-order valence-corrected chi connectivity index (χ2v) is 2.61. The fourth-order valence-corrected chi connectivity index (χ4v) is 0.902. The molecular weight excluding hydrogens is 158 g/mol. The number of rotatable bonds is 2. The van der Waals surface area contributed by atoms with Crippen LogP contribution in [0.4, 0.5) is 0 Å². The van der Waals surface area contributed by atoms with Crippen LogP contribution in [0.3, 0.4) is 0 Å². The van der Waals surface area contributed by atoms with Crippen LogP contribution in [-0.4, -0.2) is 10.0 Å². The lowest BCUT2D eigenvalue weighted by molar-refractivity contribution is -0.496. The molecule has 0 saturated heterocycles. The Balaban J connectivity index is 2.89. The fraction of sp³-hybridized carbons (Fsp3) is 0.250. The van der Waals surface area contributed by atoms with Crippen molar-refractivity contribution in [2.24, 2.45) is 0 Å². The lowest BCUT2D eigenvalue weighted by Crippen LogP contribution is -1.97. The van der Waals surface area contributed by atoms with Gasteiger partial charge in [0.2, 0.25) is 6.54 Å². The van der Waals surface area contributed by atoms with Crippen molar-refractivity contribution in [3.05, 3.63) is 39.4 Å². The predicted molar refractivity (Wildman–Crippen MR) is 43.5 cm³/mol. The molecule has 0 spiro atoms. The summed E-state index contributed by atoms with van der Waals surface area (Å²) in [5.74, 6) is 0.106. The molecule has 0 atom stereocenters. The van der Waals surface area contributed by atoms with Crippen molar-refractivity contribution in [2.45, 2.75) is 13.5 Å². The van der Waals surface area contributed by atoms with E-state index in [-0.39, 0.29) is 12.3 Å². The second kappa shape index (κ2) is 3.21. The first-order valence-electron chi connectivity index (χ1n) is 3.50. The maximum absolute atomic E-state index is 10.1. The number of aryl methyl sites for hydroxylation is 1. The monoisotopic (exact) mass is 167 g/mol. The smallest absolute Gasteiger partial charge is 0.229 e. The third-order valence-corrected chi connectivity index (χ3v) is 1.59. The zero-order valence-electron chi connectivity index (χ0n) is 6.65. The standard InChI is InChI=1S/C8H9NO3/c1-6-2-3-7(4-8(6)10)5-9(11)12/h2-4,10H,5H2,1H3. The number of aromatic hydroxyl groups is 1. The topological polar surface area (TPSA) is 63.4 Å². The van der Waals surface area contributed by atoms with Gasteiger partial charge in [0.05, 0.1) is 0 Å². The van der Waals surface area contributed by atoms with Gasteiger partial charge in [0.1, 0.15) is 5.75 Å². The van der Waals surface area contributed by atoms with E-state index < -0.39 is 4.92 Å². The minimum absolute atomic E-state index is 0.106. The number of hydrogen-bond acceptors (Lipinski definition) is 3. The number of hydrogen-bond donors (Lipinski definition) is 1. The van der Waals surface area contributed by atoms with Crippen LogP contribution < -0.4 is 0 Å². The van der Waals surface area contributed by atoms with Crippen LogP contribution in [0.25, 0.3) is 0 Å². The maximum atomic E-state index is 10.1. The molecule has 0 aromatic heterocycles. The van der Waals surface area contributed by atoms with Crippen molar-refractivity contribution in [1.29, 1.82) is 0 Å². The summed E-state index contributed by atoms with van der Waals surface area (Å²) >= 11 is 0. The average Bonchev–Trinajstić information content (AvgIpc) is 1.96. The highest BCUT2D eigenvalue weighted by Crippen LogP contribution is 2.17. The molecule has 0 aliphatic heterocycles. The summed E-state index contributed by atoms with van der Waals surface area (Å²) in [7, 11) is 0. The van der Waals surface area contributed by atoms with Crippen LogP contribution in [0.1, 0.15) is 11.1 Å². The first-order valence-corrected chi connectivity index (χ1v) is 3.50. The van der Waals surface area contributed by atoms with Crippen LogP contribution >= 0.6 is 0 Å². The summed E-state index contributed by atoms with van der Waals surface area (Å²) in [5.41, 5.74) is 1.24. The second-order valence-electron chi connectivity index (χ2n) is 2.61. The summed E-state index contributed by atoms with van der Waals surface area (Å²) in [6, 6.07) is 4.71. The first kappa shape index (κ1) is 8.52. The zero-order chi connectivity index (χ0) is 9.14. The van der Waals surface area contributed by atoms with E-state index in [2.05, 4.69) is 0 Å². The van der Waals surface area contributed by atoms with Crippen LogP contribution in [0, 0.1) is 17.0 Å². The highest BCUT2D eigenvalue weighted by molar-refractivity contribution is 5.34. The van der Waals surface area contributed by atoms with E-state index >= 15 is 0 Å². The molecule has 64 valence electrons. The van der Waals surface area contributed by atoms with Crippen LogP contribution in [0.2, 0.25) is 0 Å². The molecule has 4 nitrogen and oxygen atoms in total. The molecule has 0 unspecified atom stereocenters. The Morgan fingerprint density at radius 2 is 2.25 bits per heavy atom. The quantitative estimate of drug-likeness (QED) is 0.536. The Morgan fingerprint density at radius 3 is 2.75 bits per heavy atom. The molecule has 12 heavy (non-hydrogen) atoms. The van der Waals surface area contributed by atoms with Gasteiger partial charge < -0.3 is 5.11 Å². The number of benzene rings is 1. The molecule has 1 rings (SSSR count). The van der Waals surface area contributed by atoms with E-state index in [0.717, 1.165) is 5.56 Å². The van der Waals surface area contributed by atoms with E-state index in [9.17, 15) is 15.2 Å². The Labute approximate surface area is 69.6 Å². The average molecular weight is 167 g/mol. The van der Waals surface area contributed by atoms with Crippen molar-refractivity contribution in [3.8, 4) is 5.75 Å². The van der Waals surface area contributed by atoms with Gasteiger partial charge in [-0.05, 0) is 18.6 Å². The van der Waals surface area contributed by atoms with Crippen molar-refractivity contribution in [1.82, 2.24) is 0 Å². The van der Waals surface area contributed by atoms with Gasteiger partial charge in [0.15, 0.2) is 0 Å². The number of nitrogens with zero attached hydrogens (tertiary/aromatic N) is 1. The van der Waals surface area contributed by atoms with Gasteiger partial charge in [0, 0.05) is 10.5 Å². The van der Waals surface area contributed by atoms with Crippen LogP contribution in [0.5, 0.6) is 5.75 Å². The summed E-state index contributed by atoms with van der Waals surface area (Å²) in [6.07, 6.45) is 0. The largest absolute Gasteiger partial charge is 0.508 e. The Morgan fingerprint density at radius 1 is 1.58 bits per heavy atom. The third kappa shape index (κ3) is 1.95. The molecule has 1 aromatic rings. The Hall–Kier alpha value is -1.58. The van der Waals surface area contributed by atoms with Gasteiger partial charge in [-0.15, -0.1) is 0 Å². The maximum Gasteiger partial charge on any atom is 0.229 e. The predicted octanol–water partition coefficient (Wildman–Crippen LogP) is 1.48. The molecule has 0 aliphatic rings. The molecule has 0 bridgehead atoms. The molecule has 4 heteroatoms.